The Bertz CT molecular complexity index is 408. The highest BCUT2D eigenvalue weighted by Gasteiger charge is 2.30. The largest absolute Gasteiger partial charge is 0.462 e. The molecule has 94 valence electrons. The van der Waals surface area contributed by atoms with Crippen molar-refractivity contribution in [3.05, 3.63) is 23.2 Å². The van der Waals surface area contributed by atoms with E-state index < -0.39 is 5.60 Å². The minimum atomic E-state index is -0.469. The van der Waals surface area contributed by atoms with Crippen molar-refractivity contribution in [2.45, 2.75) is 46.0 Å². The summed E-state index contributed by atoms with van der Waals surface area (Å²) >= 11 is 0. The molecule has 5 nitrogen and oxygen atoms in total. The van der Waals surface area contributed by atoms with Gasteiger partial charge in [-0.05, 0) is 26.8 Å². The number of nitrogens with two attached hydrogens (primary N) is 1. The van der Waals surface area contributed by atoms with Gasteiger partial charge in [0.05, 0.1) is 19.6 Å². The van der Waals surface area contributed by atoms with Crippen molar-refractivity contribution < 1.29 is 13.9 Å². The number of hydrogen-bond acceptors (Lipinski definition) is 4. The maximum Gasteiger partial charge on any atom is 0.411 e. The molecule has 1 aromatic heterocycles. The fourth-order valence-electron chi connectivity index (χ4n) is 1.79. The normalized spacial score (nSPS) is 14.9. The molecule has 1 aliphatic heterocycles. The maximum absolute atomic E-state index is 11.8. The number of amides is 1. The van der Waals surface area contributed by atoms with Gasteiger partial charge in [-0.25, -0.2) is 4.79 Å². The Morgan fingerprint density at radius 3 is 2.76 bits per heavy atom. The van der Waals surface area contributed by atoms with Crippen molar-refractivity contribution >= 4 is 6.09 Å². The van der Waals surface area contributed by atoms with Crippen LogP contribution >= 0.6 is 0 Å². The summed E-state index contributed by atoms with van der Waals surface area (Å²) in [6.45, 7) is 6.94. The van der Waals surface area contributed by atoms with E-state index in [-0.39, 0.29) is 6.09 Å². The van der Waals surface area contributed by atoms with Gasteiger partial charge < -0.3 is 14.9 Å². The number of nitrogens with zero attached hydrogens (tertiary/aromatic N) is 1. The molecule has 0 unspecified atom stereocenters. The van der Waals surface area contributed by atoms with Gasteiger partial charge in [0.15, 0.2) is 0 Å². The average molecular weight is 238 g/mol. The fourth-order valence-corrected chi connectivity index (χ4v) is 1.79. The number of furan rings is 1. The lowest BCUT2D eigenvalue weighted by molar-refractivity contribution is 0.0233. The van der Waals surface area contributed by atoms with Crippen molar-refractivity contribution in [1.82, 2.24) is 4.90 Å². The van der Waals surface area contributed by atoms with Crippen LogP contribution in [0.25, 0.3) is 0 Å². The Labute approximate surface area is 101 Å². The van der Waals surface area contributed by atoms with Gasteiger partial charge in [-0.15, -0.1) is 0 Å². The first kappa shape index (κ1) is 12.0. The Morgan fingerprint density at radius 1 is 1.53 bits per heavy atom. The number of carbonyl (C=O) groups is 1. The third-order valence-corrected chi connectivity index (χ3v) is 2.50. The topological polar surface area (TPSA) is 68.7 Å². The molecule has 0 bridgehead atoms. The molecule has 2 heterocycles. The molecular weight excluding hydrogens is 220 g/mol. The Balaban J connectivity index is 2.00. The highest BCUT2D eigenvalue weighted by atomic mass is 16.6. The van der Waals surface area contributed by atoms with Crippen LogP contribution in [-0.2, 0) is 24.4 Å². The summed E-state index contributed by atoms with van der Waals surface area (Å²) < 4.78 is 10.8. The predicted molar refractivity (Wildman–Crippen MR) is 62.1 cm³/mol. The van der Waals surface area contributed by atoms with Crippen LogP contribution in [0.15, 0.2) is 10.5 Å². The van der Waals surface area contributed by atoms with Gasteiger partial charge in [-0.2, -0.15) is 0 Å². The molecule has 5 heteroatoms. The number of rotatable bonds is 1. The van der Waals surface area contributed by atoms with E-state index >= 15 is 0 Å². The van der Waals surface area contributed by atoms with Gasteiger partial charge in [0.2, 0.25) is 0 Å². The number of carbonyl (C=O) groups excluding carboxylic acids is 1. The fraction of sp³-hybridized carbons (Fsp3) is 0.583. The van der Waals surface area contributed by atoms with Crippen molar-refractivity contribution in [3.8, 4) is 0 Å². The molecule has 1 aliphatic rings. The molecular formula is C12H18N2O3. The quantitative estimate of drug-likeness (QED) is 0.812. The lowest BCUT2D eigenvalue weighted by atomic mass is 10.2. The van der Waals surface area contributed by atoms with Crippen LogP contribution in [0.1, 0.15) is 37.9 Å². The lowest BCUT2D eigenvalue weighted by Crippen LogP contribution is -2.33. The summed E-state index contributed by atoms with van der Waals surface area (Å²) in [5, 5.41) is 0. The third-order valence-electron chi connectivity index (χ3n) is 2.50. The first-order valence-corrected chi connectivity index (χ1v) is 5.67. The summed E-state index contributed by atoms with van der Waals surface area (Å²) in [5.74, 6) is 1.58. The zero-order valence-corrected chi connectivity index (χ0v) is 10.4. The average Bonchev–Trinajstić information content (AvgIpc) is 2.70. The molecule has 0 aliphatic carbocycles. The van der Waals surface area contributed by atoms with Crippen LogP contribution in [0.2, 0.25) is 0 Å². The van der Waals surface area contributed by atoms with Crippen molar-refractivity contribution in [1.29, 1.82) is 0 Å². The summed E-state index contributed by atoms with van der Waals surface area (Å²) in [5.41, 5.74) is 6.04. The van der Waals surface area contributed by atoms with Crippen LogP contribution in [0.4, 0.5) is 4.79 Å². The molecule has 2 N–H and O–H groups in total. The standard InChI is InChI=1S/C12H18N2O3/c1-12(2,3)17-11(15)14-6-8-4-9(5-13)16-10(8)7-14/h4H,5-7,13H2,1-3H3. The van der Waals surface area contributed by atoms with E-state index in [4.69, 9.17) is 14.9 Å². The second-order valence-corrected chi connectivity index (χ2v) is 5.20. The molecule has 0 atom stereocenters. The Kier molecular flexibility index (Phi) is 2.87. The second kappa shape index (κ2) is 4.07. The summed E-state index contributed by atoms with van der Waals surface area (Å²) in [6.07, 6.45) is -0.307. The molecule has 1 amide bonds. The van der Waals surface area contributed by atoms with Crippen LogP contribution in [0, 0.1) is 0 Å². The summed E-state index contributed by atoms with van der Waals surface area (Å²) in [6, 6.07) is 1.90. The van der Waals surface area contributed by atoms with Crippen LogP contribution in [0.3, 0.4) is 0 Å². The van der Waals surface area contributed by atoms with E-state index in [9.17, 15) is 4.79 Å². The third kappa shape index (κ3) is 2.61. The number of ether oxygens (including phenoxy) is 1. The summed E-state index contributed by atoms with van der Waals surface area (Å²) in [7, 11) is 0. The number of fused-ring (bicyclic) bond motifs is 1. The first-order chi connectivity index (χ1) is 7.89. The van der Waals surface area contributed by atoms with Crippen LogP contribution in [-0.4, -0.2) is 16.6 Å². The van der Waals surface area contributed by atoms with Crippen molar-refractivity contribution in [2.24, 2.45) is 5.73 Å². The van der Waals surface area contributed by atoms with Crippen LogP contribution in [0.5, 0.6) is 0 Å². The smallest absolute Gasteiger partial charge is 0.411 e. The molecule has 0 aromatic carbocycles. The molecule has 1 aromatic rings. The zero-order valence-electron chi connectivity index (χ0n) is 10.4. The van der Waals surface area contributed by atoms with Gasteiger partial charge in [-0.1, -0.05) is 0 Å². The molecule has 2 rings (SSSR count). The molecule has 0 radical (unpaired) electrons. The minimum absolute atomic E-state index is 0.307. The second-order valence-electron chi connectivity index (χ2n) is 5.20. The molecule has 0 saturated heterocycles. The van der Waals surface area contributed by atoms with Gasteiger partial charge in [0.1, 0.15) is 17.1 Å². The van der Waals surface area contributed by atoms with E-state index in [0.29, 0.717) is 19.6 Å². The minimum Gasteiger partial charge on any atom is -0.462 e. The molecule has 0 spiro atoms. The molecule has 0 fully saturated rings. The maximum atomic E-state index is 11.8. The predicted octanol–water partition coefficient (Wildman–Crippen LogP) is 1.99. The highest BCUT2D eigenvalue weighted by molar-refractivity contribution is 5.69. The lowest BCUT2D eigenvalue weighted by Gasteiger charge is -2.24. The van der Waals surface area contributed by atoms with Gasteiger partial charge >= 0.3 is 6.09 Å². The first-order valence-electron chi connectivity index (χ1n) is 5.67. The highest BCUT2D eigenvalue weighted by Crippen LogP contribution is 2.27. The van der Waals surface area contributed by atoms with E-state index in [1.54, 1.807) is 4.90 Å². The zero-order chi connectivity index (χ0) is 12.6. The van der Waals surface area contributed by atoms with Gasteiger partial charge in [-0.3, -0.25) is 4.90 Å². The van der Waals surface area contributed by atoms with Crippen molar-refractivity contribution in [3.63, 3.8) is 0 Å². The van der Waals surface area contributed by atoms with E-state index in [1.165, 1.54) is 0 Å². The summed E-state index contributed by atoms with van der Waals surface area (Å²) in [4.78, 5) is 13.4. The Morgan fingerprint density at radius 2 is 2.24 bits per heavy atom. The van der Waals surface area contributed by atoms with Gasteiger partial charge in [0.25, 0.3) is 0 Å². The van der Waals surface area contributed by atoms with E-state index in [2.05, 4.69) is 0 Å². The van der Waals surface area contributed by atoms with E-state index in [1.807, 2.05) is 26.8 Å². The monoisotopic (exact) mass is 238 g/mol. The SMILES string of the molecule is CC(C)(C)OC(=O)N1Cc2cc(CN)oc2C1. The van der Waals surface area contributed by atoms with E-state index in [0.717, 1.165) is 17.1 Å². The van der Waals surface area contributed by atoms with Crippen molar-refractivity contribution in [2.75, 3.05) is 0 Å². The van der Waals surface area contributed by atoms with Crippen LogP contribution < -0.4 is 5.73 Å². The molecule has 0 saturated carbocycles. The number of hydrogen-bond donors (Lipinski definition) is 1. The molecule has 17 heavy (non-hydrogen) atoms. The van der Waals surface area contributed by atoms with Gasteiger partial charge in [0, 0.05) is 5.56 Å². The Hall–Kier alpha value is -1.49.